The van der Waals surface area contributed by atoms with Crippen molar-refractivity contribution in [2.24, 2.45) is 17.8 Å². The number of rotatable bonds is 12. The van der Waals surface area contributed by atoms with E-state index in [0.717, 1.165) is 34.6 Å². The first-order valence-electron chi connectivity index (χ1n) is 15.2. The standard InChI is InChI=1S/C36H39NO6/c1-41-14-15-42-23-43-34-13-7-29(19-32(34)36-20-25-16-26(21-36)18-27(17-25)22-36)33(39)12-4-24-2-5-28(6-3-24)35(40)37-30-8-10-31(38)11-9-30/h2-13,19,25-27,38H,14-18,20-23H2,1H3,(H,37,40)/b12-4+. The molecule has 224 valence electrons. The van der Waals surface area contributed by atoms with Crippen molar-refractivity contribution < 1.29 is 28.9 Å². The first-order chi connectivity index (χ1) is 20.9. The maximum atomic E-state index is 13.4. The number of ketones is 1. The Morgan fingerprint density at radius 2 is 1.53 bits per heavy atom. The van der Waals surface area contributed by atoms with E-state index in [-0.39, 0.29) is 29.6 Å². The number of anilines is 1. The van der Waals surface area contributed by atoms with E-state index in [2.05, 4.69) is 11.4 Å². The van der Waals surface area contributed by atoms with E-state index in [1.807, 2.05) is 24.3 Å². The summed E-state index contributed by atoms with van der Waals surface area (Å²) in [7, 11) is 1.65. The predicted octanol–water partition coefficient (Wildman–Crippen LogP) is 7.01. The number of carbonyl (C=O) groups is 2. The number of phenolic OH excluding ortho intramolecular Hbond substituents is 1. The number of phenols is 1. The Labute approximate surface area is 252 Å². The van der Waals surface area contributed by atoms with Crippen molar-refractivity contribution in [3.8, 4) is 11.5 Å². The van der Waals surface area contributed by atoms with Gasteiger partial charge in [0.25, 0.3) is 5.91 Å². The van der Waals surface area contributed by atoms with Gasteiger partial charge < -0.3 is 24.6 Å². The molecule has 0 unspecified atom stereocenters. The molecule has 0 saturated heterocycles. The molecule has 0 atom stereocenters. The minimum absolute atomic E-state index is 0.0627. The zero-order valence-corrected chi connectivity index (χ0v) is 24.6. The Morgan fingerprint density at radius 1 is 0.884 bits per heavy atom. The molecule has 0 spiro atoms. The van der Waals surface area contributed by atoms with Crippen LogP contribution in [0.2, 0.25) is 0 Å². The van der Waals surface area contributed by atoms with Gasteiger partial charge in [-0.15, -0.1) is 0 Å². The molecule has 7 rings (SSSR count). The first kappa shape index (κ1) is 29.1. The fourth-order valence-electron chi connectivity index (χ4n) is 7.73. The minimum atomic E-state index is -0.249. The molecule has 0 aliphatic heterocycles. The highest BCUT2D eigenvalue weighted by Crippen LogP contribution is 2.62. The number of carbonyl (C=O) groups excluding carboxylic acids is 2. The fourth-order valence-corrected chi connectivity index (χ4v) is 7.73. The Hall–Kier alpha value is -3.94. The smallest absolute Gasteiger partial charge is 0.255 e. The Bertz CT molecular complexity index is 1440. The van der Waals surface area contributed by atoms with Gasteiger partial charge in [-0.25, -0.2) is 0 Å². The Morgan fingerprint density at radius 3 is 2.19 bits per heavy atom. The molecule has 7 heteroatoms. The third-order valence-corrected chi connectivity index (χ3v) is 9.33. The van der Waals surface area contributed by atoms with Crippen LogP contribution in [0.3, 0.4) is 0 Å². The molecule has 7 nitrogen and oxygen atoms in total. The van der Waals surface area contributed by atoms with Crippen LogP contribution in [0.15, 0.2) is 72.8 Å². The van der Waals surface area contributed by atoms with Crippen molar-refractivity contribution in [1.82, 2.24) is 0 Å². The summed E-state index contributed by atoms with van der Waals surface area (Å²) < 4.78 is 16.8. The highest BCUT2D eigenvalue weighted by molar-refractivity contribution is 6.07. The number of hydrogen-bond acceptors (Lipinski definition) is 6. The van der Waals surface area contributed by atoms with E-state index in [0.29, 0.717) is 30.0 Å². The van der Waals surface area contributed by atoms with Crippen LogP contribution in [-0.4, -0.2) is 43.9 Å². The average Bonchev–Trinajstić information content (AvgIpc) is 3.00. The maximum absolute atomic E-state index is 13.4. The quantitative estimate of drug-likeness (QED) is 0.0786. The van der Waals surface area contributed by atoms with E-state index >= 15 is 0 Å². The number of methoxy groups -OCH3 is 1. The van der Waals surface area contributed by atoms with Gasteiger partial charge in [-0.3, -0.25) is 9.59 Å². The molecule has 43 heavy (non-hydrogen) atoms. The lowest BCUT2D eigenvalue weighted by molar-refractivity contribution is -0.0189. The van der Waals surface area contributed by atoms with Gasteiger partial charge in [0, 0.05) is 29.5 Å². The Kier molecular flexibility index (Phi) is 8.63. The lowest BCUT2D eigenvalue weighted by Crippen LogP contribution is -2.48. The maximum Gasteiger partial charge on any atom is 0.255 e. The van der Waals surface area contributed by atoms with E-state index in [9.17, 15) is 14.7 Å². The molecule has 3 aromatic carbocycles. The van der Waals surface area contributed by atoms with Gasteiger partial charge in [0.1, 0.15) is 11.5 Å². The van der Waals surface area contributed by atoms with Gasteiger partial charge in [0.2, 0.25) is 0 Å². The van der Waals surface area contributed by atoms with E-state index in [1.54, 1.807) is 43.5 Å². The minimum Gasteiger partial charge on any atom is -0.508 e. The summed E-state index contributed by atoms with van der Waals surface area (Å²) in [5.41, 5.74) is 3.79. The molecule has 4 fully saturated rings. The van der Waals surface area contributed by atoms with Crippen LogP contribution >= 0.6 is 0 Å². The third kappa shape index (κ3) is 6.68. The molecular weight excluding hydrogens is 542 g/mol. The molecule has 0 aromatic heterocycles. The molecule has 4 saturated carbocycles. The van der Waals surface area contributed by atoms with Gasteiger partial charge in [0.15, 0.2) is 12.6 Å². The summed E-state index contributed by atoms with van der Waals surface area (Å²) in [6.07, 6.45) is 10.9. The second-order valence-corrected chi connectivity index (χ2v) is 12.4. The highest BCUT2D eigenvalue weighted by Gasteiger charge is 2.52. The monoisotopic (exact) mass is 581 g/mol. The molecule has 0 radical (unpaired) electrons. The highest BCUT2D eigenvalue weighted by atomic mass is 16.7. The summed E-state index contributed by atoms with van der Waals surface area (Å²) in [5, 5.41) is 12.2. The van der Waals surface area contributed by atoms with Crippen LogP contribution in [0, 0.1) is 17.8 Å². The first-order valence-corrected chi connectivity index (χ1v) is 15.2. The van der Waals surface area contributed by atoms with Crippen LogP contribution < -0.4 is 10.1 Å². The normalized spacial score (nSPS) is 23.9. The van der Waals surface area contributed by atoms with Crippen molar-refractivity contribution in [1.29, 1.82) is 0 Å². The van der Waals surface area contributed by atoms with Gasteiger partial charge in [-0.1, -0.05) is 18.2 Å². The number of aromatic hydroxyl groups is 1. The molecule has 4 aliphatic carbocycles. The van der Waals surface area contributed by atoms with Crippen LogP contribution in [0.5, 0.6) is 11.5 Å². The number of ether oxygens (including phenoxy) is 3. The second kappa shape index (κ2) is 12.7. The van der Waals surface area contributed by atoms with Crippen LogP contribution in [0.4, 0.5) is 5.69 Å². The van der Waals surface area contributed by atoms with Gasteiger partial charge in [-0.2, -0.15) is 0 Å². The summed E-state index contributed by atoms with van der Waals surface area (Å²) >= 11 is 0. The largest absolute Gasteiger partial charge is 0.508 e. The van der Waals surface area contributed by atoms with E-state index < -0.39 is 0 Å². The Balaban J connectivity index is 1.16. The fraction of sp³-hybridized carbons (Fsp3) is 0.389. The summed E-state index contributed by atoms with van der Waals surface area (Å²) in [4.78, 5) is 26.0. The van der Waals surface area contributed by atoms with Gasteiger partial charge in [0.05, 0.1) is 13.2 Å². The van der Waals surface area contributed by atoms with Crippen molar-refractivity contribution in [3.05, 3.63) is 95.1 Å². The summed E-state index contributed by atoms with van der Waals surface area (Å²) in [6, 6.07) is 19.3. The third-order valence-electron chi connectivity index (χ3n) is 9.33. The number of nitrogens with one attached hydrogen (secondary N) is 1. The molecule has 4 bridgehead atoms. The second-order valence-electron chi connectivity index (χ2n) is 12.4. The lowest BCUT2D eigenvalue weighted by Gasteiger charge is -2.57. The van der Waals surface area contributed by atoms with E-state index in [4.69, 9.17) is 14.2 Å². The van der Waals surface area contributed by atoms with Crippen molar-refractivity contribution in [3.63, 3.8) is 0 Å². The number of amides is 1. The summed E-state index contributed by atoms with van der Waals surface area (Å²) in [5.74, 6) is 2.94. The predicted molar refractivity (Wildman–Crippen MR) is 165 cm³/mol. The summed E-state index contributed by atoms with van der Waals surface area (Å²) in [6.45, 7) is 1.13. The van der Waals surface area contributed by atoms with Crippen LogP contribution in [-0.2, 0) is 14.9 Å². The zero-order valence-electron chi connectivity index (χ0n) is 24.6. The van der Waals surface area contributed by atoms with Crippen LogP contribution in [0.25, 0.3) is 6.08 Å². The number of hydrogen-bond donors (Lipinski definition) is 2. The van der Waals surface area contributed by atoms with Gasteiger partial charge in [-0.05, 0) is 128 Å². The number of allylic oxidation sites excluding steroid dienone is 1. The molecular formula is C36H39NO6. The zero-order chi connectivity index (χ0) is 29.8. The molecule has 4 aliphatic rings. The average molecular weight is 582 g/mol. The number of benzene rings is 3. The topological polar surface area (TPSA) is 94.1 Å². The molecule has 2 N–H and O–H groups in total. The molecule has 0 heterocycles. The van der Waals surface area contributed by atoms with Crippen LogP contribution in [0.1, 0.15) is 70.4 Å². The van der Waals surface area contributed by atoms with Gasteiger partial charge >= 0.3 is 0 Å². The van der Waals surface area contributed by atoms with E-state index in [1.165, 1.54) is 50.7 Å². The van der Waals surface area contributed by atoms with Crippen molar-refractivity contribution >= 4 is 23.5 Å². The molecule has 3 aromatic rings. The van der Waals surface area contributed by atoms with Crippen molar-refractivity contribution in [2.75, 3.05) is 32.4 Å². The lowest BCUT2D eigenvalue weighted by atomic mass is 9.48. The molecule has 1 amide bonds. The SMILES string of the molecule is COCCOCOc1ccc(C(=O)/C=C/c2ccc(C(=O)Nc3ccc(O)cc3)cc2)cc1C12CC3CC(CC(C3)C1)C2. The van der Waals surface area contributed by atoms with Crippen molar-refractivity contribution in [2.45, 2.75) is 43.9 Å².